The molecule has 1 aliphatic heterocycles. The molecule has 0 spiro atoms. The SMILES string of the molecule is Cc1ccc(NC(=O)COc2cc(O)c3c(c2)OC(C)(C)CC3=O)nc1. The number of carbonyl (C=O) groups excluding carboxylic acids is 2. The number of aromatic nitrogens is 1. The van der Waals surface area contributed by atoms with Crippen molar-refractivity contribution < 1.29 is 24.2 Å². The summed E-state index contributed by atoms with van der Waals surface area (Å²) < 4.78 is 11.2. The predicted octanol–water partition coefficient (Wildman–Crippen LogP) is 2.86. The van der Waals surface area contributed by atoms with Gasteiger partial charge in [0.05, 0.1) is 6.42 Å². The summed E-state index contributed by atoms with van der Waals surface area (Å²) in [5.41, 5.74) is 0.468. The number of benzene rings is 1. The van der Waals surface area contributed by atoms with Gasteiger partial charge in [-0.2, -0.15) is 0 Å². The minimum Gasteiger partial charge on any atom is -0.507 e. The number of hydrogen-bond donors (Lipinski definition) is 2. The zero-order chi connectivity index (χ0) is 18.9. The van der Waals surface area contributed by atoms with Gasteiger partial charge in [0.15, 0.2) is 12.4 Å². The largest absolute Gasteiger partial charge is 0.507 e. The molecule has 0 fully saturated rings. The summed E-state index contributed by atoms with van der Waals surface area (Å²) in [4.78, 5) is 28.2. The summed E-state index contributed by atoms with van der Waals surface area (Å²) in [6.45, 7) is 5.21. The van der Waals surface area contributed by atoms with E-state index in [9.17, 15) is 14.7 Å². The second kappa shape index (κ2) is 6.67. The number of carbonyl (C=O) groups is 2. The summed E-state index contributed by atoms with van der Waals surface area (Å²) in [6, 6.07) is 6.33. The van der Waals surface area contributed by atoms with E-state index in [2.05, 4.69) is 10.3 Å². The van der Waals surface area contributed by atoms with Gasteiger partial charge in [0, 0.05) is 18.3 Å². The van der Waals surface area contributed by atoms with Crippen LogP contribution in [-0.2, 0) is 4.79 Å². The molecule has 1 amide bonds. The average molecular weight is 356 g/mol. The van der Waals surface area contributed by atoms with E-state index in [0.29, 0.717) is 5.82 Å². The maximum Gasteiger partial charge on any atom is 0.263 e. The first-order valence-corrected chi connectivity index (χ1v) is 8.18. The van der Waals surface area contributed by atoms with Crippen molar-refractivity contribution >= 4 is 17.5 Å². The number of aromatic hydroxyl groups is 1. The third-order valence-electron chi connectivity index (χ3n) is 3.86. The zero-order valence-electron chi connectivity index (χ0n) is 14.8. The molecule has 2 aromatic rings. The van der Waals surface area contributed by atoms with Gasteiger partial charge >= 0.3 is 0 Å². The highest BCUT2D eigenvalue weighted by Gasteiger charge is 2.34. The molecule has 136 valence electrons. The fraction of sp³-hybridized carbons (Fsp3) is 0.316. The summed E-state index contributed by atoms with van der Waals surface area (Å²) in [7, 11) is 0. The van der Waals surface area contributed by atoms with Crippen LogP contribution in [-0.4, -0.2) is 34.0 Å². The lowest BCUT2D eigenvalue weighted by Crippen LogP contribution is -2.35. The number of aryl methyl sites for hydroxylation is 1. The van der Waals surface area contributed by atoms with Crippen molar-refractivity contribution in [1.29, 1.82) is 0 Å². The molecule has 2 heterocycles. The number of rotatable bonds is 4. The second-order valence-electron chi connectivity index (χ2n) is 6.83. The average Bonchev–Trinajstić information content (AvgIpc) is 2.53. The summed E-state index contributed by atoms with van der Waals surface area (Å²) >= 11 is 0. The smallest absolute Gasteiger partial charge is 0.263 e. The lowest BCUT2D eigenvalue weighted by atomic mass is 9.92. The van der Waals surface area contributed by atoms with Crippen LogP contribution in [0.5, 0.6) is 17.2 Å². The summed E-state index contributed by atoms with van der Waals surface area (Å²) in [5.74, 6) is 0.103. The van der Waals surface area contributed by atoms with Gasteiger partial charge < -0.3 is 19.9 Å². The van der Waals surface area contributed by atoms with Crippen LogP contribution >= 0.6 is 0 Å². The number of phenols is 1. The van der Waals surface area contributed by atoms with Crippen LogP contribution < -0.4 is 14.8 Å². The molecule has 0 radical (unpaired) electrons. The molecule has 7 nitrogen and oxygen atoms in total. The van der Waals surface area contributed by atoms with Crippen LogP contribution in [0, 0.1) is 6.92 Å². The third kappa shape index (κ3) is 3.93. The normalized spacial score (nSPS) is 15.0. The molecule has 7 heteroatoms. The maximum atomic E-state index is 12.2. The highest BCUT2D eigenvalue weighted by Crippen LogP contribution is 2.40. The molecule has 1 aromatic carbocycles. The quantitative estimate of drug-likeness (QED) is 0.874. The molecule has 1 aliphatic rings. The van der Waals surface area contributed by atoms with Crippen molar-refractivity contribution in [2.24, 2.45) is 0 Å². The Morgan fingerprint density at radius 3 is 2.85 bits per heavy atom. The highest BCUT2D eigenvalue weighted by atomic mass is 16.5. The van der Waals surface area contributed by atoms with Gasteiger partial charge in [0.25, 0.3) is 5.91 Å². The van der Waals surface area contributed by atoms with Crippen molar-refractivity contribution in [2.75, 3.05) is 11.9 Å². The summed E-state index contributed by atoms with van der Waals surface area (Å²) in [6.07, 6.45) is 1.83. The van der Waals surface area contributed by atoms with E-state index in [-0.39, 0.29) is 41.6 Å². The molecule has 0 atom stereocenters. The van der Waals surface area contributed by atoms with Gasteiger partial charge in [-0.1, -0.05) is 6.07 Å². The number of nitrogens with zero attached hydrogens (tertiary/aromatic N) is 1. The van der Waals surface area contributed by atoms with Crippen LogP contribution in [0.25, 0.3) is 0 Å². The Morgan fingerprint density at radius 1 is 1.38 bits per heavy atom. The Kier molecular flexibility index (Phi) is 4.54. The van der Waals surface area contributed by atoms with Gasteiger partial charge in [0.2, 0.25) is 0 Å². The number of fused-ring (bicyclic) bond motifs is 1. The molecule has 1 aromatic heterocycles. The second-order valence-corrected chi connectivity index (χ2v) is 6.83. The Hall–Kier alpha value is -3.09. The molecular weight excluding hydrogens is 336 g/mol. The van der Waals surface area contributed by atoms with Gasteiger partial charge in [-0.05, 0) is 32.4 Å². The van der Waals surface area contributed by atoms with Crippen molar-refractivity contribution in [2.45, 2.75) is 32.8 Å². The Bertz CT molecular complexity index is 859. The number of phenolic OH excluding ortho intramolecular Hbond substituents is 1. The van der Waals surface area contributed by atoms with E-state index in [4.69, 9.17) is 9.47 Å². The van der Waals surface area contributed by atoms with Crippen molar-refractivity contribution in [3.8, 4) is 17.2 Å². The van der Waals surface area contributed by atoms with Crippen LogP contribution in [0.15, 0.2) is 30.5 Å². The number of nitrogens with one attached hydrogen (secondary N) is 1. The van der Waals surface area contributed by atoms with Crippen molar-refractivity contribution in [3.05, 3.63) is 41.6 Å². The minimum atomic E-state index is -0.663. The molecule has 0 aliphatic carbocycles. The first-order valence-electron chi connectivity index (χ1n) is 8.18. The third-order valence-corrected chi connectivity index (χ3v) is 3.86. The number of amides is 1. The Labute approximate surface area is 151 Å². The van der Waals surface area contributed by atoms with Gasteiger partial charge in [0.1, 0.15) is 34.2 Å². The molecule has 3 rings (SSSR count). The zero-order valence-corrected chi connectivity index (χ0v) is 14.8. The highest BCUT2D eigenvalue weighted by molar-refractivity contribution is 6.03. The fourth-order valence-corrected chi connectivity index (χ4v) is 2.70. The molecule has 26 heavy (non-hydrogen) atoms. The summed E-state index contributed by atoms with van der Waals surface area (Å²) in [5, 5.41) is 12.7. The van der Waals surface area contributed by atoms with E-state index in [1.807, 2.05) is 13.0 Å². The Morgan fingerprint density at radius 2 is 2.15 bits per heavy atom. The first kappa shape index (κ1) is 17.7. The van der Waals surface area contributed by atoms with E-state index < -0.39 is 11.5 Å². The van der Waals surface area contributed by atoms with E-state index in [1.165, 1.54) is 12.1 Å². The lowest BCUT2D eigenvalue weighted by molar-refractivity contribution is -0.118. The number of ether oxygens (including phenoxy) is 2. The first-order chi connectivity index (χ1) is 12.2. The number of hydrogen-bond acceptors (Lipinski definition) is 6. The maximum absolute atomic E-state index is 12.2. The number of anilines is 1. The topological polar surface area (TPSA) is 97.8 Å². The van der Waals surface area contributed by atoms with Gasteiger partial charge in [-0.25, -0.2) is 4.98 Å². The predicted molar refractivity (Wildman–Crippen MR) is 94.9 cm³/mol. The van der Waals surface area contributed by atoms with Crippen LogP contribution in [0.2, 0.25) is 0 Å². The molecule has 2 N–H and O–H groups in total. The standard InChI is InChI=1S/C19H20N2O5/c1-11-4-5-16(20-9-11)21-17(24)10-25-12-6-13(22)18-14(23)8-19(2,3)26-15(18)7-12/h4-7,9,22H,8,10H2,1-3H3,(H,20,21,24). The van der Waals surface area contributed by atoms with Crippen LogP contribution in [0.1, 0.15) is 36.2 Å². The minimum absolute atomic E-state index is 0.144. The lowest BCUT2D eigenvalue weighted by Gasteiger charge is -2.32. The van der Waals surface area contributed by atoms with Gasteiger partial charge in [-0.3, -0.25) is 9.59 Å². The molecule has 0 bridgehead atoms. The van der Waals surface area contributed by atoms with Crippen molar-refractivity contribution in [1.82, 2.24) is 4.98 Å². The van der Waals surface area contributed by atoms with Crippen LogP contribution in [0.4, 0.5) is 5.82 Å². The molecule has 0 unspecified atom stereocenters. The molecule has 0 saturated carbocycles. The van der Waals surface area contributed by atoms with Gasteiger partial charge in [-0.15, -0.1) is 0 Å². The number of ketones is 1. The van der Waals surface area contributed by atoms with E-state index >= 15 is 0 Å². The number of Topliss-reactive ketones (excluding diaryl/α,β-unsaturated/α-hetero) is 1. The molecule has 0 saturated heterocycles. The molecular formula is C19H20N2O5. The Balaban J connectivity index is 1.69. The van der Waals surface area contributed by atoms with Crippen molar-refractivity contribution in [3.63, 3.8) is 0 Å². The van der Waals surface area contributed by atoms with E-state index in [1.54, 1.807) is 26.1 Å². The fourth-order valence-electron chi connectivity index (χ4n) is 2.70. The van der Waals surface area contributed by atoms with E-state index in [0.717, 1.165) is 5.56 Å². The van der Waals surface area contributed by atoms with Crippen LogP contribution in [0.3, 0.4) is 0 Å². The number of pyridine rings is 1. The monoisotopic (exact) mass is 356 g/mol.